The Morgan fingerprint density at radius 1 is 1.03 bits per heavy atom. The second-order valence-corrected chi connectivity index (χ2v) is 10.4. The molecule has 1 fully saturated rings. The van der Waals surface area contributed by atoms with E-state index in [1.165, 1.54) is 28.2 Å². The van der Waals surface area contributed by atoms with E-state index >= 15 is 0 Å². The first-order valence-corrected chi connectivity index (χ1v) is 13.9. The maximum absolute atomic E-state index is 6.68. The molecular formula is C31H33ClN4O2S. The summed E-state index contributed by atoms with van der Waals surface area (Å²) >= 11 is 12.6. The van der Waals surface area contributed by atoms with Gasteiger partial charge in [-0.1, -0.05) is 42.8 Å². The molecule has 202 valence electrons. The van der Waals surface area contributed by atoms with Gasteiger partial charge in [-0.3, -0.25) is 4.98 Å². The lowest BCUT2D eigenvalue weighted by Crippen LogP contribution is -2.29. The molecule has 0 bridgehead atoms. The fourth-order valence-corrected chi connectivity index (χ4v) is 6.00. The number of ether oxygens (including phenoxy) is 2. The van der Waals surface area contributed by atoms with Crippen molar-refractivity contribution >= 4 is 34.6 Å². The number of rotatable bonds is 9. The quantitative estimate of drug-likeness (QED) is 0.177. The van der Waals surface area contributed by atoms with Gasteiger partial charge in [-0.25, -0.2) is 0 Å². The van der Waals surface area contributed by atoms with Gasteiger partial charge >= 0.3 is 0 Å². The second-order valence-electron chi connectivity index (χ2n) is 9.60. The minimum absolute atomic E-state index is 0.141. The van der Waals surface area contributed by atoms with Gasteiger partial charge in [-0.2, -0.15) is 0 Å². The highest BCUT2D eigenvalue weighted by atomic mass is 35.5. The van der Waals surface area contributed by atoms with Gasteiger partial charge in [0.15, 0.2) is 5.11 Å². The molecule has 0 unspecified atom stereocenters. The fourth-order valence-electron chi connectivity index (χ4n) is 5.43. The van der Waals surface area contributed by atoms with Crippen LogP contribution in [-0.4, -0.2) is 35.0 Å². The number of para-hydroxylation sites is 1. The predicted octanol–water partition coefficient (Wildman–Crippen LogP) is 6.91. The van der Waals surface area contributed by atoms with E-state index in [9.17, 15) is 0 Å². The number of hydrogen-bond acceptors (Lipinski definition) is 4. The van der Waals surface area contributed by atoms with Crippen LogP contribution < -0.4 is 15.0 Å². The first-order valence-electron chi connectivity index (χ1n) is 13.1. The second kappa shape index (κ2) is 11.8. The van der Waals surface area contributed by atoms with E-state index in [0.29, 0.717) is 29.1 Å². The molecule has 2 aromatic carbocycles. The van der Waals surface area contributed by atoms with Gasteiger partial charge in [0.25, 0.3) is 0 Å². The van der Waals surface area contributed by atoms with Crippen molar-refractivity contribution in [3.8, 4) is 11.4 Å². The Morgan fingerprint density at radius 2 is 1.82 bits per heavy atom. The Kier molecular flexibility index (Phi) is 8.21. The summed E-state index contributed by atoms with van der Waals surface area (Å²) in [5.74, 6) is 0.614. The lowest BCUT2D eigenvalue weighted by Gasteiger charge is -2.28. The van der Waals surface area contributed by atoms with Gasteiger partial charge in [-0.15, -0.1) is 0 Å². The van der Waals surface area contributed by atoms with Crippen molar-refractivity contribution in [2.45, 2.75) is 39.3 Å². The van der Waals surface area contributed by atoms with Gasteiger partial charge in [0, 0.05) is 36.1 Å². The average Bonchev–Trinajstić information content (AvgIpc) is 3.44. The number of aromatic nitrogens is 2. The fraction of sp³-hybridized carbons (Fsp3) is 0.290. The molecule has 0 saturated carbocycles. The Labute approximate surface area is 240 Å². The third kappa shape index (κ3) is 5.26. The third-order valence-corrected chi connectivity index (χ3v) is 7.85. The summed E-state index contributed by atoms with van der Waals surface area (Å²) in [5.41, 5.74) is 7.84. The van der Waals surface area contributed by atoms with Crippen LogP contribution in [0.2, 0.25) is 5.02 Å². The molecule has 8 heteroatoms. The predicted molar refractivity (Wildman–Crippen MR) is 161 cm³/mol. The largest absolute Gasteiger partial charge is 0.490 e. The molecule has 3 heterocycles. The maximum Gasteiger partial charge on any atom is 0.174 e. The van der Waals surface area contributed by atoms with Gasteiger partial charge in [0.2, 0.25) is 0 Å². The number of methoxy groups -OCH3 is 1. The topological polar surface area (TPSA) is 51.6 Å². The van der Waals surface area contributed by atoms with Crippen molar-refractivity contribution in [3.63, 3.8) is 0 Å². The van der Waals surface area contributed by atoms with E-state index in [-0.39, 0.29) is 12.1 Å². The van der Waals surface area contributed by atoms with Crippen LogP contribution in [0, 0.1) is 13.8 Å². The van der Waals surface area contributed by atoms with E-state index in [0.717, 1.165) is 17.8 Å². The Bertz CT molecular complexity index is 1470. The van der Waals surface area contributed by atoms with E-state index in [1.54, 1.807) is 7.11 Å². The van der Waals surface area contributed by atoms with Crippen molar-refractivity contribution < 1.29 is 9.47 Å². The molecule has 2 atom stereocenters. The van der Waals surface area contributed by atoms with Gasteiger partial charge in [-0.05, 0) is 86.1 Å². The van der Waals surface area contributed by atoms with Gasteiger partial charge < -0.3 is 24.3 Å². The molecule has 0 radical (unpaired) electrons. The van der Waals surface area contributed by atoms with Crippen LogP contribution in [0.25, 0.3) is 5.69 Å². The van der Waals surface area contributed by atoms with Crippen molar-refractivity contribution in [1.82, 2.24) is 14.9 Å². The molecule has 1 aliphatic heterocycles. The maximum atomic E-state index is 6.68. The zero-order valence-electron chi connectivity index (χ0n) is 22.6. The first-order chi connectivity index (χ1) is 18.9. The highest BCUT2D eigenvalue weighted by molar-refractivity contribution is 7.80. The van der Waals surface area contributed by atoms with Crippen LogP contribution in [0.1, 0.15) is 47.2 Å². The molecule has 0 amide bonds. The molecule has 1 aliphatic rings. The Morgan fingerprint density at radius 3 is 2.54 bits per heavy atom. The van der Waals surface area contributed by atoms with E-state index in [1.807, 2.05) is 42.6 Å². The van der Waals surface area contributed by atoms with E-state index < -0.39 is 0 Å². The van der Waals surface area contributed by atoms with Crippen LogP contribution in [0.4, 0.5) is 5.69 Å². The van der Waals surface area contributed by atoms with Crippen molar-refractivity contribution in [2.75, 3.05) is 25.2 Å². The number of benzene rings is 2. The molecule has 0 aliphatic carbocycles. The molecule has 1 N–H and O–H groups in total. The number of halogens is 1. The zero-order valence-corrected chi connectivity index (χ0v) is 24.2. The van der Waals surface area contributed by atoms with Crippen LogP contribution >= 0.6 is 23.8 Å². The van der Waals surface area contributed by atoms with Crippen molar-refractivity contribution in [2.24, 2.45) is 0 Å². The summed E-state index contributed by atoms with van der Waals surface area (Å²) in [7, 11) is 1.64. The number of aryl methyl sites for hydroxylation is 2. The molecule has 2 aromatic heterocycles. The highest BCUT2D eigenvalue weighted by Gasteiger charge is 2.42. The van der Waals surface area contributed by atoms with E-state index in [4.69, 9.17) is 38.3 Å². The van der Waals surface area contributed by atoms with Crippen LogP contribution in [0.15, 0.2) is 72.9 Å². The average molecular weight is 561 g/mol. The number of thiocarbonyl (C=S) groups is 1. The Hall–Kier alpha value is -3.39. The van der Waals surface area contributed by atoms with Crippen molar-refractivity contribution in [1.29, 1.82) is 0 Å². The summed E-state index contributed by atoms with van der Waals surface area (Å²) in [4.78, 5) is 6.85. The molecular weight excluding hydrogens is 528 g/mol. The lowest BCUT2D eigenvalue weighted by molar-refractivity contribution is 0.146. The monoisotopic (exact) mass is 560 g/mol. The van der Waals surface area contributed by atoms with Crippen LogP contribution in [0.5, 0.6) is 5.75 Å². The molecule has 5 rings (SSSR count). The van der Waals surface area contributed by atoms with Crippen LogP contribution in [-0.2, 0) is 11.2 Å². The summed E-state index contributed by atoms with van der Waals surface area (Å²) in [6, 6.07) is 22.4. The summed E-state index contributed by atoms with van der Waals surface area (Å²) < 4.78 is 13.2. The summed E-state index contributed by atoms with van der Waals surface area (Å²) in [6.07, 6.45) is 2.78. The van der Waals surface area contributed by atoms with Gasteiger partial charge in [0.1, 0.15) is 12.4 Å². The molecule has 0 spiro atoms. The highest BCUT2D eigenvalue weighted by Crippen LogP contribution is 2.45. The van der Waals surface area contributed by atoms with Crippen molar-refractivity contribution in [3.05, 3.63) is 106 Å². The normalized spacial score (nSPS) is 16.9. The SMILES string of the molecule is CCc1ccccc1-n1c(C)cc([C@@H]2[C@H](c3ccccn3)NC(=S)N2c2ccc(OCCOC)c(Cl)c2)c1C. The minimum Gasteiger partial charge on any atom is -0.490 e. The minimum atomic E-state index is -0.148. The standard InChI is InChI=1S/C31H33ClN4O2S/c1-5-22-10-6-7-12-27(22)35-20(2)18-24(21(35)3)30-29(26-11-8-9-15-33-26)34-31(39)36(30)23-13-14-28(25(32)19-23)38-17-16-37-4/h6-15,18-19,29-30H,5,16-17H2,1-4H3,(H,34,39)/t29-,30+/m0/s1. The molecule has 1 saturated heterocycles. The van der Waals surface area contributed by atoms with E-state index in [2.05, 4.69) is 65.9 Å². The molecule has 6 nitrogen and oxygen atoms in total. The lowest BCUT2D eigenvalue weighted by atomic mass is 9.96. The molecule has 4 aromatic rings. The van der Waals surface area contributed by atoms with Gasteiger partial charge in [0.05, 0.1) is 29.4 Å². The summed E-state index contributed by atoms with van der Waals surface area (Å²) in [6.45, 7) is 7.45. The number of hydrogen-bond donors (Lipinski definition) is 1. The number of nitrogens with zero attached hydrogens (tertiary/aromatic N) is 3. The Balaban J connectivity index is 1.62. The zero-order chi connectivity index (χ0) is 27.5. The number of anilines is 1. The third-order valence-electron chi connectivity index (χ3n) is 7.24. The van der Waals surface area contributed by atoms with Crippen LogP contribution in [0.3, 0.4) is 0 Å². The molecule has 39 heavy (non-hydrogen) atoms. The number of nitrogens with one attached hydrogen (secondary N) is 1. The smallest absolute Gasteiger partial charge is 0.174 e. The number of pyridine rings is 1. The summed E-state index contributed by atoms with van der Waals surface area (Å²) in [5, 5.41) is 4.70. The first kappa shape index (κ1) is 27.2.